The van der Waals surface area contributed by atoms with Crippen LogP contribution in [-0.4, -0.2) is 11.9 Å². The Morgan fingerprint density at radius 3 is 2.81 bits per heavy atom. The number of carbonyl (C=O) groups is 2. The predicted molar refractivity (Wildman–Crippen MR) is 58.1 cm³/mol. The molecule has 1 heterocycles. The summed E-state index contributed by atoms with van der Waals surface area (Å²) in [7, 11) is 0. The van der Waals surface area contributed by atoms with E-state index in [-0.39, 0.29) is 5.91 Å². The topological polar surface area (TPSA) is 58.2 Å². The van der Waals surface area contributed by atoms with E-state index in [4.69, 9.17) is 11.6 Å². The number of urea groups is 1. The van der Waals surface area contributed by atoms with E-state index in [9.17, 15) is 9.59 Å². The summed E-state index contributed by atoms with van der Waals surface area (Å²) in [6.07, 6.45) is 1.28. The summed E-state index contributed by atoms with van der Waals surface area (Å²) in [5, 5.41) is 5.64. The average molecular weight is 237 g/mol. The maximum Gasteiger partial charge on any atom is 0.322 e. The Morgan fingerprint density at radius 1 is 1.31 bits per heavy atom. The third kappa shape index (κ3) is 1.05. The smallest absolute Gasteiger partial charge is 0.319 e. The van der Waals surface area contributed by atoms with E-state index in [1.165, 1.54) is 0 Å². The van der Waals surface area contributed by atoms with Crippen LogP contribution >= 0.6 is 11.6 Å². The molecule has 1 aromatic carbocycles. The summed E-state index contributed by atoms with van der Waals surface area (Å²) in [6, 6.07) is 5.01. The van der Waals surface area contributed by atoms with Crippen LogP contribution in [0.5, 0.6) is 0 Å². The Hall–Kier alpha value is -1.55. The van der Waals surface area contributed by atoms with Crippen molar-refractivity contribution in [2.45, 2.75) is 18.4 Å². The minimum atomic E-state index is -0.892. The number of fused-ring (bicyclic) bond motifs is 2. The van der Waals surface area contributed by atoms with Crippen LogP contribution in [0.4, 0.5) is 4.79 Å². The molecule has 0 radical (unpaired) electrons. The third-order valence-corrected chi connectivity index (χ3v) is 3.62. The Bertz CT molecular complexity index is 515. The zero-order valence-corrected chi connectivity index (χ0v) is 9.10. The molecule has 3 rings (SSSR count). The fourth-order valence-corrected chi connectivity index (χ4v) is 2.79. The Labute approximate surface area is 97.0 Å². The zero-order chi connectivity index (χ0) is 11.3. The van der Waals surface area contributed by atoms with Crippen LogP contribution in [-0.2, 0) is 16.8 Å². The van der Waals surface area contributed by atoms with Gasteiger partial charge >= 0.3 is 6.03 Å². The fourth-order valence-electron chi connectivity index (χ4n) is 2.52. The van der Waals surface area contributed by atoms with Gasteiger partial charge in [-0.3, -0.25) is 10.1 Å². The van der Waals surface area contributed by atoms with E-state index >= 15 is 0 Å². The molecule has 0 aromatic heterocycles. The van der Waals surface area contributed by atoms with Crippen molar-refractivity contribution in [3.05, 3.63) is 34.3 Å². The summed E-state index contributed by atoms with van der Waals surface area (Å²) in [5.41, 5.74) is 0.891. The van der Waals surface area contributed by atoms with Gasteiger partial charge in [0, 0.05) is 5.02 Å². The Kier molecular flexibility index (Phi) is 1.80. The summed E-state index contributed by atoms with van der Waals surface area (Å²) >= 11 is 6.07. The maximum absolute atomic E-state index is 11.8. The summed E-state index contributed by atoms with van der Waals surface area (Å²) in [6.45, 7) is 0. The molecule has 2 N–H and O–H groups in total. The molecule has 5 heteroatoms. The quantitative estimate of drug-likeness (QED) is 0.668. The molecule has 1 saturated heterocycles. The molecule has 1 spiro atoms. The van der Waals surface area contributed by atoms with Crippen LogP contribution < -0.4 is 10.6 Å². The first-order valence-corrected chi connectivity index (χ1v) is 5.43. The molecular formula is C11H9ClN2O2. The summed E-state index contributed by atoms with van der Waals surface area (Å²) in [4.78, 5) is 23.1. The van der Waals surface area contributed by atoms with Crippen LogP contribution in [0.15, 0.2) is 18.2 Å². The van der Waals surface area contributed by atoms with Gasteiger partial charge in [0.25, 0.3) is 5.91 Å². The lowest BCUT2D eigenvalue weighted by molar-refractivity contribution is -0.124. The van der Waals surface area contributed by atoms with Gasteiger partial charge in [0.1, 0.15) is 5.54 Å². The Balaban J connectivity index is 2.19. The number of rotatable bonds is 0. The molecule has 4 nitrogen and oxygen atoms in total. The predicted octanol–water partition coefficient (Wildman–Crippen LogP) is 1.32. The van der Waals surface area contributed by atoms with E-state index in [0.717, 1.165) is 11.1 Å². The SMILES string of the molecule is O=C1NC(=O)[C@]2(CCc3c(Cl)cccc32)N1. The monoisotopic (exact) mass is 236 g/mol. The molecule has 1 atom stereocenters. The highest BCUT2D eigenvalue weighted by Gasteiger charge is 2.51. The number of halogens is 1. The summed E-state index contributed by atoms with van der Waals surface area (Å²) < 4.78 is 0. The Morgan fingerprint density at radius 2 is 2.12 bits per heavy atom. The number of amides is 3. The molecule has 0 bridgehead atoms. The van der Waals surface area contributed by atoms with Gasteiger partial charge in [-0.05, 0) is 30.0 Å². The van der Waals surface area contributed by atoms with Crippen molar-refractivity contribution >= 4 is 23.5 Å². The molecule has 1 fully saturated rings. The van der Waals surface area contributed by atoms with Gasteiger partial charge in [0.15, 0.2) is 0 Å². The average Bonchev–Trinajstić information content (AvgIpc) is 2.72. The van der Waals surface area contributed by atoms with Crippen LogP contribution in [0.3, 0.4) is 0 Å². The molecule has 3 amide bonds. The highest BCUT2D eigenvalue weighted by atomic mass is 35.5. The third-order valence-electron chi connectivity index (χ3n) is 3.27. The lowest BCUT2D eigenvalue weighted by atomic mass is 9.92. The van der Waals surface area contributed by atoms with Gasteiger partial charge < -0.3 is 5.32 Å². The van der Waals surface area contributed by atoms with E-state index in [2.05, 4.69) is 10.6 Å². The fraction of sp³-hybridized carbons (Fsp3) is 0.273. The molecule has 0 unspecified atom stereocenters. The van der Waals surface area contributed by atoms with E-state index < -0.39 is 11.6 Å². The second-order valence-electron chi connectivity index (χ2n) is 4.08. The number of imide groups is 1. The molecule has 1 aliphatic carbocycles. The van der Waals surface area contributed by atoms with E-state index in [1.54, 1.807) is 12.1 Å². The van der Waals surface area contributed by atoms with Crippen molar-refractivity contribution in [3.63, 3.8) is 0 Å². The largest absolute Gasteiger partial charge is 0.322 e. The van der Waals surface area contributed by atoms with E-state index in [1.807, 2.05) is 6.07 Å². The van der Waals surface area contributed by atoms with Gasteiger partial charge in [0.05, 0.1) is 0 Å². The van der Waals surface area contributed by atoms with Crippen molar-refractivity contribution in [2.75, 3.05) is 0 Å². The van der Waals surface area contributed by atoms with Crippen molar-refractivity contribution in [1.29, 1.82) is 0 Å². The first-order chi connectivity index (χ1) is 7.63. The van der Waals surface area contributed by atoms with Gasteiger partial charge in [-0.1, -0.05) is 23.7 Å². The second kappa shape index (κ2) is 2.98. The van der Waals surface area contributed by atoms with Gasteiger partial charge in [-0.15, -0.1) is 0 Å². The highest BCUT2D eigenvalue weighted by Crippen LogP contribution is 2.41. The molecule has 1 aromatic rings. The zero-order valence-electron chi connectivity index (χ0n) is 8.34. The van der Waals surface area contributed by atoms with E-state index in [0.29, 0.717) is 17.9 Å². The van der Waals surface area contributed by atoms with Crippen LogP contribution in [0.25, 0.3) is 0 Å². The lowest BCUT2D eigenvalue weighted by Crippen LogP contribution is -2.41. The summed E-state index contributed by atoms with van der Waals surface area (Å²) in [5.74, 6) is -0.279. The minimum Gasteiger partial charge on any atom is -0.319 e. The minimum absolute atomic E-state index is 0.279. The van der Waals surface area contributed by atoms with Crippen molar-refractivity contribution in [2.24, 2.45) is 0 Å². The van der Waals surface area contributed by atoms with Crippen LogP contribution in [0, 0.1) is 0 Å². The molecule has 1 aliphatic heterocycles. The maximum atomic E-state index is 11.8. The standard InChI is InChI=1S/C11H9ClN2O2/c12-8-3-1-2-7-6(8)4-5-11(7)9(15)13-10(16)14-11/h1-3H,4-5H2,(H2,13,14,15,16)/t11-/m1/s1. The first kappa shape index (κ1) is 9.66. The molecule has 0 saturated carbocycles. The van der Waals surface area contributed by atoms with Gasteiger partial charge in [-0.25, -0.2) is 4.79 Å². The van der Waals surface area contributed by atoms with Gasteiger partial charge in [0.2, 0.25) is 0 Å². The first-order valence-electron chi connectivity index (χ1n) is 5.05. The van der Waals surface area contributed by atoms with Crippen LogP contribution in [0.2, 0.25) is 5.02 Å². The number of benzene rings is 1. The number of hydrogen-bond donors (Lipinski definition) is 2. The molecule has 16 heavy (non-hydrogen) atoms. The molecular weight excluding hydrogens is 228 g/mol. The van der Waals surface area contributed by atoms with Crippen molar-refractivity contribution < 1.29 is 9.59 Å². The number of nitrogens with one attached hydrogen (secondary N) is 2. The van der Waals surface area contributed by atoms with Crippen molar-refractivity contribution in [1.82, 2.24) is 10.6 Å². The van der Waals surface area contributed by atoms with Gasteiger partial charge in [-0.2, -0.15) is 0 Å². The number of carbonyl (C=O) groups excluding carboxylic acids is 2. The molecule has 82 valence electrons. The van der Waals surface area contributed by atoms with Crippen LogP contribution in [0.1, 0.15) is 17.5 Å². The normalized spacial score (nSPS) is 26.8. The van der Waals surface area contributed by atoms with Crippen molar-refractivity contribution in [3.8, 4) is 0 Å². The number of hydrogen-bond acceptors (Lipinski definition) is 2. The second-order valence-corrected chi connectivity index (χ2v) is 4.49. The highest BCUT2D eigenvalue weighted by molar-refractivity contribution is 6.31. The molecule has 2 aliphatic rings. The lowest BCUT2D eigenvalue weighted by Gasteiger charge is -2.20.